The number of likely N-dealkylation sites (N-methyl/N-ethyl adjacent to an activating group) is 1. The van der Waals surface area contributed by atoms with Crippen molar-refractivity contribution in [3.63, 3.8) is 0 Å². The van der Waals surface area contributed by atoms with Crippen LogP contribution in [0.25, 0.3) is 0 Å². The maximum absolute atomic E-state index is 13.8. The molecule has 0 aliphatic heterocycles. The Balaban J connectivity index is 2.05. The summed E-state index contributed by atoms with van der Waals surface area (Å²) in [4.78, 5) is 28.3. The highest BCUT2D eigenvalue weighted by molar-refractivity contribution is 7.92. The molecule has 0 aliphatic rings. The third-order valence-corrected chi connectivity index (χ3v) is 7.80. The van der Waals surface area contributed by atoms with Crippen LogP contribution in [0.1, 0.15) is 11.1 Å². The topological polar surface area (TPSA) is 86.8 Å². The van der Waals surface area contributed by atoms with Gasteiger partial charge in [-0.1, -0.05) is 95.5 Å². The lowest BCUT2D eigenvalue weighted by Crippen LogP contribution is -2.52. The average molecular weight is 583 g/mol. The van der Waals surface area contributed by atoms with Crippen LogP contribution in [0.15, 0.2) is 72.8 Å². The molecule has 0 saturated carbocycles. The van der Waals surface area contributed by atoms with E-state index in [4.69, 9.17) is 34.8 Å². The molecule has 2 amide bonds. The molecule has 11 heteroatoms. The molecule has 196 valence electrons. The van der Waals surface area contributed by atoms with Crippen LogP contribution >= 0.6 is 34.8 Å². The summed E-state index contributed by atoms with van der Waals surface area (Å²) in [5.41, 5.74) is 1.62. The van der Waals surface area contributed by atoms with Gasteiger partial charge in [0, 0.05) is 20.0 Å². The van der Waals surface area contributed by atoms with Crippen molar-refractivity contribution in [1.29, 1.82) is 0 Å². The largest absolute Gasteiger partial charge is 0.357 e. The maximum atomic E-state index is 13.8. The predicted molar refractivity (Wildman–Crippen MR) is 149 cm³/mol. The third-order valence-electron chi connectivity index (χ3n) is 5.65. The van der Waals surface area contributed by atoms with Crippen LogP contribution in [0.2, 0.25) is 15.1 Å². The minimum atomic E-state index is -3.98. The number of hydrogen-bond donors (Lipinski definition) is 1. The Morgan fingerprint density at radius 3 is 1.95 bits per heavy atom. The summed E-state index contributed by atoms with van der Waals surface area (Å²) in [6.07, 6.45) is 1.19. The summed E-state index contributed by atoms with van der Waals surface area (Å²) in [6.45, 7) is -0.525. The van der Waals surface area contributed by atoms with Gasteiger partial charge in [-0.3, -0.25) is 13.9 Å². The fourth-order valence-corrected chi connectivity index (χ4v) is 5.35. The molecule has 1 atom stereocenters. The Kier molecular flexibility index (Phi) is 9.84. The van der Waals surface area contributed by atoms with Gasteiger partial charge >= 0.3 is 0 Å². The van der Waals surface area contributed by atoms with Crippen molar-refractivity contribution in [2.75, 3.05) is 24.2 Å². The Morgan fingerprint density at radius 1 is 0.865 bits per heavy atom. The van der Waals surface area contributed by atoms with Crippen LogP contribution in [0.5, 0.6) is 0 Å². The molecule has 3 rings (SSSR count). The van der Waals surface area contributed by atoms with Gasteiger partial charge in [0.05, 0.1) is 27.0 Å². The SMILES string of the molecule is CNC(=O)[C@H](Cc1ccccc1)N(Cc1ccccc1)C(=O)CN(c1cc(Cl)c(Cl)cc1Cl)S(C)(=O)=O. The minimum Gasteiger partial charge on any atom is -0.357 e. The molecule has 0 aromatic heterocycles. The van der Waals surface area contributed by atoms with Gasteiger partial charge in [0.2, 0.25) is 21.8 Å². The number of halogens is 3. The van der Waals surface area contributed by atoms with Crippen molar-refractivity contribution in [3.8, 4) is 0 Å². The smallest absolute Gasteiger partial charge is 0.244 e. The standard InChI is InChI=1S/C26H26Cl3N3O4S/c1-30-26(34)24(13-18-9-5-3-6-10-18)31(16-19-11-7-4-8-12-19)25(33)17-32(37(2,35)36)23-15-21(28)20(27)14-22(23)29/h3-12,14-15,24H,13,16-17H2,1-2H3,(H,30,34)/t24-/m0/s1. The van der Waals surface area contributed by atoms with E-state index in [1.54, 1.807) is 0 Å². The summed E-state index contributed by atoms with van der Waals surface area (Å²) < 4.78 is 26.4. The second-order valence-electron chi connectivity index (χ2n) is 8.31. The van der Waals surface area contributed by atoms with Crippen molar-refractivity contribution < 1.29 is 18.0 Å². The molecule has 0 fully saturated rings. The van der Waals surface area contributed by atoms with Crippen molar-refractivity contribution >= 4 is 62.3 Å². The highest BCUT2D eigenvalue weighted by Crippen LogP contribution is 2.35. The number of amides is 2. The molecule has 7 nitrogen and oxygen atoms in total. The van der Waals surface area contributed by atoms with Crippen LogP contribution < -0.4 is 9.62 Å². The van der Waals surface area contributed by atoms with Crippen LogP contribution in [0.3, 0.4) is 0 Å². The summed E-state index contributed by atoms with van der Waals surface area (Å²) in [7, 11) is -2.49. The number of nitrogens with one attached hydrogen (secondary N) is 1. The molecule has 0 bridgehead atoms. The first-order valence-electron chi connectivity index (χ1n) is 11.2. The zero-order chi connectivity index (χ0) is 27.2. The van der Waals surface area contributed by atoms with E-state index in [-0.39, 0.29) is 39.6 Å². The van der Waals surface area contributed by atoms with Crippen LogP contribution in [0, 0.1) is 0 Å². The van der Waals surface area contributed by atoms with E-state index in [0.29, 0.717) is 0 Å². The molecule has 0 aliphatic carbocycles. The van der Waals surface area contributed by atoms with Gasteiger partial charge < -0.3 is 10.2 Å². The number of carbonyl (C=O) groups is 2. The monoisotopic (exact) mass is 581 g/mol. The number of nitrogens with zero attached hydrogens (tertiary/aromatic N) is 2. The summed E-state index contributed by atoms with van der Waals surface area (Å²) in [5.74, 6) is -0.979. The van der Waals surface area contributed by atoms with Crippen LogP contribution in [-0.2, 0) is 32.6 Å². The van der Waals surface area contributed by atoms with Crippen molar-refractivity contribution in [1.82, 2.24) is 10.2 Å². The molecule has 3 aromatic rings. The predicted octanol–water partition coefficient (Wildman–Crippen LogP) is 4.80. The highest BCUT2D eigenvalue weighted by atomic mass is 35.5. The Bertz CT molecular complexity index is 1360. The molecule has 0 spiro atoms. The lowest BCUT2D eigenvalue weighted by Gasteiger charge is -2.33. The quantitative estimate of drug-likeness (QED) is 0.348. The summed E-state index contributed by atoms with van der Waals surface area (Å²) >= 11 is 18.4. The van der Waals surface area contributed by atoms with Crippen molar-refractivity contribution in [2.24, 2.45) is 0 Å². The second-order valence-corrected chi connectivity index (χ2v) is 11.4. The highest BCUT2D eigenvalue weighted by Gasteiger charge is 2.33. The van der Waals surface area contributed by atoms with Gasteiger partial charge in [-0.2, -0.15) is 0 Å². The lowest BCUT2D eigenvalue weighted by atomic mass is 10.0. The number of hydrogen-bond acceptors (Lipinski definition) is 4. The van der Waals surface area contributed by atoms with Gasteiger partial charge in [0.25, 0.3) is 0 Å². The molecule has 0 unspecified atom stereocenters. The summed E-state index contributed by atoms with van der Waals surface area (Å²) in [5, 5.41) is 2.86. The molecular formula is C26H26Cl3N3O4S. The van der Waals surface area contributed by atoms with E-state index < -0.39 is 28.5 Å². The van der Waals surface area contributed by atoms with E-state index in [1.807, 2.05) is 60.7 Å². The van der Waals surface area contributed by atoms with Gasteiger partial charge in [-0.25, -0.2) is 8.42 Å². The fraction of sp³-hybridized carbons (Fsp3) is 0.231. The van der Waals surface area contributed by atoms with E-state index >= 15 is 0 Å². The molecule has 3 aromatic carbocycles. The zero-order valence-corrected chi connectivity index (χ0v) is 23.3. The first-order valence-corrected chi connectivity index (χ1v) is 14.2. The number of anilines is 1. The Morgan fingerprint density at radius 2 is 1.41 bits per heavy atom. The van der Waals surface area contributed by atoms with E-state index in [0.717, 1.165) is 21.7 Å². The zero-order valence-electron chi connectivity index (χ0n) is 20.2. The molecule has 0 heterocycles. The van der Waals surface area contributed by atoms with Gasteiger partial charge in [0.1, 0.15) is 12.6 Å². The van der Waals surface area contributed by atoms with E-state index in [9.17, 15) is 18.0 Å². The second kappa shape index (κ2) is 12.6. The first kappa shape index (κ1) is 28.8. The van der Waals surface area contributed by atoms with Gasteiger partial charge in [-0.05, 0) is 23.3 Å². The van der Waals surface area contributed by atoms with Crippen LogP contribution in [0.4, 0.5) is 5.69 Å². The van der Waals surface area contributed by atoms with Crippen molar-refractivity contribution in [2.45, 2.75) is 19.0 Å². The molecular weight excluding hydrogens is 557 g/mol. The Hall–Kier alpha value is -2.78. The molecule has 37 heavy (non-hydrogen) atoms. The maximum Gasteiger partial charge on any atom is 0.244 e. The van der Waals surface area contributed by atoms with Gasteiger partial charge in [-0.15, -0.1) is 0 Å². The van der Waals surface area contributed by atoms with E-state index in [1.165, 1.54) is 24.1 Å². The fourth-order valence-electron chi connectivity index (χ4n) is 3.80. The van der Waals surface area contributed by atoms with Crippen LogP contribution in [-0.4, -0.2) is 51.0 Å². The minimum absolute atomic E-state index is 0.00568. The number of rotatable bonds is 10. The third kappa shape index (κ3) is 7.61. The normalized spacial score (nSPS) is 12.0. The molecule has 0 saturated heterocycles. The molecule has 1 N–H and O–H groups in total. The lowest BCUT2D eigenvalue weighted by molar-refractivity contribution is -0.139. The number of carbonyl (C=O) groups excluding carboxylic acids is 2. The summed E-state index contributed by atoms with van der Waals surface area (Å²) in [6, 6.07) is 20.1. The van der Waals surface area contributed by atoms with Gasteiger partial charge in [0.15, 0.2) is 0 Å². The van der Waals surface area contributed by atoms with Crippen molar-refractivity contribution in [3.05, 3.63) is 99.0 Å². The molecule has 0 radical (unpaired) electrons. The Labute approximate surface area is 232 Å². The average Bonchev–Trinajstić information content (AvgIpc) is 2.87. The first-order chi connectivity index (χ1) is 17.5. The number of benzene rings is 3. The van der Waals surface area contributed by atoms with E-state index in [2.05, 4.69) is 5.32 Å². The number of sulfonamides is 1.